The maximum absolute atomic E-state index is 12.1. The van der Waals surface area contributed by atoms with E-state index in [1.807, 2.05) is 30.5 Å². The first-order valence-corrected chi connectivity index (χ1v) is 22.5. The molecule has 6 heterocycles. The van der Waals surface area contributed by atoms with E-state index in [0.29, 0.717) is 76.8 Å². The lowest BCUT2D eigenvalue weighted by atomic mass is 10.1. The minimum Gasteiger partial charge on any atom is -0.493 e. The monoisotopic (exact) mass is 896 g/mol. The third-order valence-corrected chi connectivity index (χ3v) is 11.9. The Morgan fingerprint density at radius 1 is 0.738 bits per heavy atom. The fourth-order valence-corrected chi connectivity index (χ4v) is 7.53. The van der Waals surface area contributed by atoms with E-state index in [2.05, 4.69) is 60.0 Å². The van der Waals surface area contributed by atoms with E-state index in [0.717, 1.165) is 47.7 Å². The molecule has 2 aliphatic heterocycles. The first-order chi connectivity index (χ1) is 29.3. The minimum atomic E-state index is -3.45. The molecule has 2 saturated heterocycles. The molecule has 0 spiro atoms. The Balaban J connectivity index is 0.000000182. The number of hydrogen-bond acceptors (Lipinski definition) is 17. The number of sulfonamides is 1. The van der Waals surface area contributed by atoms with Crippen LogP contribution in [-0.4, -0.2) is 115 Å². The number of rotatable bonds is 13. The fourth-order valence-electron chi connectivity index (χ4n) is 6.57. The highest BCUT2D eigenvalue weighted by Gasteiger charge is 2.32. The number of fused-ring (bicyclic) bond motifs is 2. The number of nitrogens with one attached hydrogen (secondary N) is 3. The normalized spacial score (nSPS) is 16.5. The van der Waals surface area contributed by atoms with Crippen LogP contribution in [0.1, 0.15) is 36.1 Å². The summed E-state index contributed by atoms with van der Waals surface area (Å²) >= 11 is 0. The van der Waals surface area contributed by atoms with Gasteiger partial charge < -0.3 is 34.9 Å². The van der Waals surface area contributed by atoms with Gasteiger partial charge in [-0.3, -0.25) is 0 Å². The van der Waals surface area contributed by atoms with Crippen molar-refractivity contribution in [3.63, 3.8) is 0 Å². The summed E-state index contributed by atoms with van der Waals surface area (Å²) in [5, 5.41) is 20.1. The van der Waals surface area contributed by atoms with Gasteiger partial charge in [-0.15, -0.1) is 0 Å². The number of nitrogens with zero attached hydrogens (tertiary/aromatic N) is 9. The van der Waals surface area contributed by atoms with Crippen molar-refractivity contribution in [1.29, 1.82) is 0 Å². The summed E-state index contributed by atoms with van der Waals surface area (Å²) in [7, 11) is 4.07. The Kier molecular flexibility index (Phi) is 14.2. The van der Waals surface area contributed by atoms with E-state index >= 15 is 0 Å². The van der Waals surface area contributed by atoms with Crippen LogP contribution >= 0.6 is 10.7 Å². The summed E-state index contributed by atoms with van der Waals surface area (Å²) in [6.07, 6.45) is 8.47. The van der Waals surface area contributed by atoms with E-state index in [1.165, 1.54) is 17.0 Å². The van der Waals surface area contributed by atoms with Gasteiger partial charge in [0, 0.05) is 76.5 Å². The second kappa shape index (κ2) is 19.5. The summed E-state index contributed by atoms with van der Waals surface area (Å²) in [4.78, 5) is 18.1. The Morgan fingerprint density at radius 3 is 1.66 bits per heavy atom. The van der Waals surface area contributed by atoms with Crippen LogP contribution in [-0.2, 0) is 19.1 Å². The minimum absolute atomic E-state index is 0.0562. The van der Waals surface area contributed by atoms with Crippen molar-refractivity contribution >= 4 is 64.1 Å². The lowest BCUT2D eigenvalue weighted by Crippen LogP contribution is -2.26. The van der Waals surface area contributed by atoms with Gasteiger partial charge >= 0.3 is 0 Å². The number of hydrogen-bond donors (Lipinski definition) is 3. The predicted molar refractivity (Wildman–Crippen MR) is 230 cm³/mol. The van der Waals surface area contributed by atoms with Gasteiger partial charge in [0.1, 0.15) is 12.7 Å². The Labute approximate surface area is 357 Å². The molecule has 6 aromatic rings. The van der Waals surface area contributed by atoms with E-state index in [1.54, 1.807) is 55.8 Å². The number of aromatic nitrogens is 8. The third kappa shape index (κ3) is 10.8. The molecule has 20 nitrogen and oxygen atoms in total. The zero-order valence-electron chi connectivity index (χ0n) is 33.7. The van der Waals surface area contributed by atoms with Gasteiger partial charge in [0.15, 0.2) is 45.9 Å². The molecule has 23 heteroatoms. The summed E-state index contributed by atoms with van der Waals surface area (Å²) in [5.74, 6) is 4.06. The van der Waals surface area contributed by atoms with Gasteiger partial charge in [-0.05, 0) is 43.7 Å². The highest BCUT2D eigenvalue weighted by atomic mass is 35.7. The summed E-state index contributed by atoms with van der Waals surface area (Å²) in [5.41, 5.74) is 4.57. The average Bonchev–Trinajstić information content (AvgIpc) is 4.12. The van der Waals surface area contributed by atoms with Crippen LogP contribution in [0.5, 0.6) is 23.0 Å². The molecular formula is C38H45ClN12O8S2. The first kappa shape index (κ1) is 44.5. The van der Waals surface area contributed by atoms with Crippen molar-refractivity contribution in [2.24, 2.45) is 0 Å². The maximum Gasteiger partial charge on any atom is 0.253 e. The van der Waals surface area contributed by atoms with Crippen LogP contribution in [0.3, 0.4) is 0 Å². The van der Waals surface area contributed by atoms with E-state index in [-0.39, 0.29) is 5.92 Å². The van der Waals surface area contributed by atoms with Gasteiger partial charge in [0.25, 0.3) is 9.05 Å². The second-order valence-electron chi connectivity index (χ2n) is 13.4. The Morgan fingerprint density at radius 2 is 1.23 bits per heavy atom. The molecule has 0 unspecified atom stereocenters. The van der Waals surface area contributed by atoms with Gasteiger partial charge in [-0.1, -0.05) is 13.2 Å². The molecule has 4 aromatic heterocycles. The fraction of sp³-hybridized carbons (Fsp3) is 0.316. The number of methoxy groups -OCH3 is 4. The zero-order valence-corrected chi connectivity index (χ0v) is 36.1. The molecule has 0 radical (unpaired) electrons. The van der Waals surface area contributed by atoms with Crippen molar-refractivity contribution in [3.8, 4) is 23.0 Å². The number of benzene rings is 2. The van der Waals surface area contributed by atoms with E-state index in [9.17, 15) is 16.8 Å². The maximum atomic E-state index is 12.1. The Bertz CT molecular complexity index is 2710. The van der Waals surface area contributed by atoms with Crippen molar-refractivity contribution in [1.82, 2.24) is 48.8 Å². The van der Waals surface area contributed by atoms with Gasteiger partial charge in [-0.25, -0.2) is 45.8 Å². The molecule has 0 bridgehead atoms. The van der Waals surface area contributed by atoms with Crippen LogP contribution < -0.4 is 34.9 Å². The third-order valence-electron chi connectivity index (χ3n) is 9.67. The first-order valence-electron chi connectivity index (χ1n) is 18.6. The standard InChI is InChI=1S/C19H22N6O4S.C17H20N6O2.C2H3ClO2S/c1-4-30(26,27)24-8-7-13(10-24)15-11-25-19(20-12-21-25)18(23-15)22-14-5-6-16(28-2)17(9-14)29-3;1-24-14-4-3-12(7-15(14)25-2)21-16-17-19-10-20-23(17)9-13(22-16)11-5-6-18-8-11;1-2-6(3,4)5/h4-6,9,11-13H,1,7-8,10H2,2-3H3,(H,22,23);3-4,7,9-11,18H,5-6,8H2,1-2H3,(H,21,22);2H,1H2/t13-;11-;/m00./s1. The molecule has 61 heavy (non-hydrogen) atoms. The summed E-state index contributed by atoms with van der Waals surface area (Å²) in [6, 6.07) is 11.1. The lowest BCUT2D eigenvalue weighted by molar-refractivity contribution is 0.355. The SMILES string of the molecule is C=CS(=O)(=O)Cl.C=CS(=O)(=O)N1CC[C@H](c2cn3ncnc3c(Nc3ccc(OC)c(OC)c3)n2)C1.COc1ccc(Nc2nc([C@H]3CCNC3)cn3ncnc23)cc1OC. The molecule has 324 valence electrons. The predicted octanol–water partition coefficient (Wildman–Crippen LogP) is 4.81. The smallest absolute Gasteiger partial charge is 0.253 e. The number of ether oxygens (including phenoxy) is 4. The molecular weight excluding hydrogens is 852 g/mol. The molecule has 2 aliphatic rings. The molecule has 0 aliphatic carbocycles. The average molecular weight is 897 g/mol. The number of halogens is 1. The van der Waals surface area contributed by atoms with Gasteiger partial charge in [-0.2, -0.15) is 14.5 Å². The van der Waals surface area contributed by atoms with Crippen LogP contribution in [0.25, 0.3) is 11.3 Å². The van der Waals surface area contributed by atoms with E-state index < -0.39 is 19.1 Å². The molecule has 0 amide bonds. The Hall–Kier alpha value is -6.07. The van der Waals surface area contributed by atoms with Gasteiger partial charge in [0.2, 0.25) is 10.0 Å². The summed E-state index contributed by atoms with van der Waals surface area (Å²) in [6.45, 7) is 9.03. The van der Waals surface area contributed by atoms with Crippen LogP contribution in [0, 0.1) is 0 Å². The van der Waals surface area contributed by atoms with Crippen molar-refractivity contribution in [3.05, 3.63) is 96.8 Å². The van der Waals surface area contributed by atoms with Gasteiger partial charge in [0.05, 0.1) is 52.2 Å². The van der Waals surface area contributed by atoms with Crippen molar-refractivity contribution in [2.75, 3.05) is 65.3 Å². The highest BCUT2D eigenvalue weighted by molar-refractivity contribution is 8.16. The summed E-state index contributed by atoms with van der Waals surface area (Å²) < 4.78 is 69.6. The highest BCUT2D eigenvalue weighted by Crippen LogP contribution is 2.34. The second-order valence-corrected chi connectivity index (χ2v) is 17.8. The largest absolute Gasteiger partial charge is 0.493 e. The molecule has 0 saturated carbocycles. The quantitative estimate of drug-likeness (QED) is 0.132. The lowest BCUT2D eigenvalue weighted by Gasteiger charge is -2.15. The van der Waals surface area contributed by atoms with E-state index in [4.69, 9.17) is 28.9 Å². The molecule has 8 rings (SSSR count). The van der Waals surface area contributed by atoms with Crippen LogP contribution in [0.4, 0.5) is 23.0 Å². The van der Waals surface area contributed by atoms with Crippen molar-refractivity contribution in [2.45, 2.75) is 24.7 Å². The van der Waals surface area contributed by atoms with Crippen molar-refractivity contribution < 1.29 is 35.8 Å². The molecule has 2 fully saturated rings. The van der Waals surface area contributed by atoms with Crippen LogP contribution in [0.15, 0.2) is 85.4 Å². The van der Waals surface area contributed by atoms with Crippen LogP contribution in [0.2, 0.25) is 0 Å². The zero-order chi connectivity index (χ0) is 43.7. The molecule has 3 N–H and O–H groups in total. The molecule has 2 aromatic carbocycles. The topological polar surface area (TPSA) is 231 Å². The molecule has 2 atom stereocenters. The number of anilines is 4.